The third kappa shape index (κ3) is 2.43. The Morgan fingerprint density at radius 2 is 1.70 bits per heavy atom. The van der Waals surface area contributed by atoms with Gasteiger partial charge in [-0.1, -0.05) is 42.5 Å². The Morgan fingerprint density at radius 3 is 2.35 bits per heavy atom. The molecule has 0 bridgehead atoms. The van der Waals surface area contributed by atoms with Gasteiger partial charge in [0, 0.05) is 5.56 Å². The SMILES string of the molecule is O=C(O)c1cc(-c2ccccc2)ccc1C1OCCO1. The molecule has 0 radical (unpaired) electrons. The minimum absolute atomic E-state index is 0.221. The number of ether oxygens (including phenoxy) is 2. The molecule has 1 saturated heterocycles. The number of hydrogen-bond acceptors (Lipinski definition) is 3. The van der Waals surface area contributed by atoms with Gasteiger partial charge in [-0.3, -0.25) is 0 Å². The fourth-order valence-corrected chi connectivity index (χ4v) is 2.30. The molecule has 4 heteroatoms. The van der Waals surface area contributed by atoms with Gasteiger partial charge in [-0.05, 0) is 17.2 Å². The summed E-state index contributed by atoms with van der Waals surface area (Å²) in [6.45, 7) is 0.980. The van der Waals surface area contributed by atoms with Gasteiger partial charge in [0.1, 0.15) is 0 Å². The van der Waals surface area contributed by atoms with Gasteiger partial charge in [0.15, 0.2) is 6.29 Å². The van der Waals surface area contributed by atoms with Gasteiger partial charge < -0.3 is 14.6 Å². The first-order valence-electron chi connectivity index (χ1n) is 6.41. The van der Waals surface area contributed by atoms with Crippen LogP contribution in [0, 0.1) is 0 Å². The highest BCUT2D eigenvalue weighted by Gasteiger charge is 2.24. The highest BCUT2D eigenvalue weighted by Crippen LogP contribution is 2.30. The predicted molar refractivity (Wildman–Crippen MR) is 73.5 cm³/mol. The molecule has 1 aliphatic rings. The van der Waals surface area contributed by atoms with E-state index in [1.54, 1.807) is 12.1 Å². The monoisotopic (exact) mass is 270 g/mol. The second-order valence-electron chi connectivity index (χ2n) is 4.55. The predicted octanol–water partition coefficient (Wildman–Crippen LogP) is 3.10. The molecular weight excluding hydrogens is 256 g/mol. The first kappa shape index (κ1) is 12.8. The van der Waals surface area contributed by atoms with Crippen LogP contribution in [0.1, 0.15) is 22.2 Å². The molecule has 1 N–H and O–H groups in total. The summed E-state index contributed by atoms with van der Waals surface area (Å²) >= 11 is 0. The fraction of sp³-hybridized carbons (Fsp3) is 0.188. The second kappa shape index (κ2) is 5.45. The van der Waals surface area contributed by atoms with E-state index in [9.17, 15) is 9.90 Å². The van der Waals surface area contributed by atoms with Crippen molar-refractivity contribution in [2.24, 2.45) is 0 Å². The topological polar surface area (TPSA) is 55.8 Å². The van der Waals surface area contributed by atoms with Crippen LogP contribution in [0.3, 0.4) is 0 Å². The van der Waals surface area contributed by atoms with Crippen molar-refractivity contribution in [2.75, 3.05) is 13.2 Å². The highest BCUT2D eigenvalue weighted by molar-refractivity contribution is 5.91. The van der Waals surface area contributed by atoms with Crippen molar-refractivity contribution < 1.29 is 19.4 Å². The summed E-state index contributed by atoms with van der Waals surface area (Å²) < 4.78 is 10.8. The fourth-order valence-electron chi connectivity index (χ4n) is 2.30. The molecule has 0 aromatic heterocycles. The van der Waals surface area contributed by atoms with Gasteiger partial charge in [-0.15, -0.1) is 0 Å². The molecule has 1 fully saturated rings. The van der Waals surface area contributed by atoms with Gasteiger partial charge >= 0.3 is 5.97 Å². The largest absolute Gasteiger partial charge is 0.478 e. The van der Waals surface area contributed by atoms with Crippen LogP contribution in [-0.2, 0) is 9.47 Å². The van der Waals surface area contributed by atoms with E-state index in [0.717, 1.165) is 11.1 Å². The maximum atomic E-state index is 11.5. The zero-order chi connectivity index (χ0) is 13.9. The molecule has 3 rings (SSSR count). The van der Waals surface area contributed by atoms with E-state index < -0.39 is 12.3 Å². The lowest BCUT2D eigenvalue weighted by atomic mass is 9.99. The van der Waals surface area contributed by atoms with Crippen molar-refractivity contribution in [3.05, 3.63) is 59.7 Å². The summed E-state index contributed by atoms with van der Waals surface area (Å²) in [5.74, 6) is -0.975. The zero-order valence-corrected chi connectivity index (χ0v) is 10.8. The van der Waals surface area contributed by atoms with Crippen LogP contribution >= 0.6 is 0 Å². The van der Waals surface area contributed by atoms with Crippen LogP contribution in [-0.4, -0.2) is 24.3 Å². The molecule has 0 amide bonds. The summed E-state index contributed by atoms with van der Waals surface area (Å²) in [4.78, 5) is 11.5. The van der Waals surface area contributed by atoms with Crippen LogP contribution in [0.15, 0.2) is 48.5 Å². The van der Waals surface area contributed by atoms with E-state index in [1.165, 1.54) is 0 Å². The van der Waals surface area contributed by atoms with Gasteiger partial charge in [0.25, 0.3) is 0 Å². The maximum Gasteiger partial charge on any atom is 0.336 e. The van der Waals surface area contributed by atoms with Gasteiger partial charge in [0.2, 0.25) is 0 Å². The van der Waals surface area contributed by atoms with Gasteiger partial charge in [0.05, 0.1) is 18.8 Å². The van der Waals surface area contributed by atoms with Crippen LogP contribution in [0.2, 0.25) is 0 Å². The van der Waals surface area contributed by atoms with Crippen LogP contribution in [0.4, 0.5) is 0 Å². The molecule has 20 heavy (non-hydrogen) atoms. The zero-order valence-electron chi connectivity index (χ0n) is 10.8. The Balaban J connectivity index is 2.04. The summed E-state index contributed by atoms with van der Waals surface area (Å²) in [6, 6.07) is 15.0. The lowest BCUT2D eigenvalue weighted by Gasteiger charge is -2.13. The average molecular weight is 270 g/mol. The van der Waals surface area contributed by atoms with Crippen molar-refractivity contribution in [2.45, 2.75) is 6.29 Å². The Hall–Kier alpha value is -2.17. The summed E-state index contributed by atoms with van der Waals surface area (Å²) in [7, 11) is 0. The third-order valence-corrected chi connectivity index (χ3v) is 3.27. The molecule has 0 spiro atoms. The van der Waals surface area contributed by atoms with Crippen LogP contribution < -0.4 is 0 Å². The maximum absolute atomic E-state index is 11.5. The van der Waals surface area contributed by atoms with Crippen molar-refractivity contribution in [1.29, 1.82) is 0 Å². The number of carboxylic acid groups (broad SMARTS) is 1. The molecule has 0 unspecified atom stereocenters. The number of hydrogen-bond donors (Lipinski definition) is 1. The summed E-state index contributed by atoms with van der Waals surface area (Å²) in [5, 5.41) is 9.39. The lowest BCUT2D eigenvalue weighted by molar-refractivity contribution is -0.0448. The molecule has 1 aliphatic heterocycles. The van der Waals surface area contributed by atoms with E-state index in [2.05, 4.69) is 0 Å². The molecule has 2 aromatic rings. The summed E-state index contributed by atoms with van der Waals surface area (Å²) in [6.07, 6.45) is -0.578. The van der Waals surface area contributed by atoms with Crippen molar-refractivity contribution >= 4 is 5.97 Å². The first-order chi connectivity index (χ1) is 9.75. The molecule has 1 heterocycles. The summed E-state index contributed by atoms with van der Waals surface area (Å²) in [5.41, 5.74) is 2.63. The van der Waals surface area contributed by atoms with E-state index in [0.29, 0.717) is 18.8 Å². The number of benzene rings is 2. The van der Waals surface area contributed by atoms with Crippen molar-refractivity contribution in [1.82, 2.24) is 0 Å². The lowest BCUT2D eigenvalue weighted by Crippen LogP contribution is -2.08. The standard InChI is InChI=1S/C16H14O4/c17-15(18)14-10-12(11-4-2-1-3-5-11)6-7-13(14)16-19-8-9-20-16/h1-7,10,16H,8-9H2,(H,17,18). The van der Waals surface area contributed by atoms with E-state index in [-0.39, 0.29) is 5.56 Å². The van der Waals surface area contributed by atoms with E-state index in [1.807, 2.05) is 36.4 Å². The molecule has 0 saturated carbocycles. The Morgan fingerprint density at radius 1 is 1.00 bits per heavy atom. The molecule has 102 valence electrons. The molecular formula is C16H14O4. The number of rotatable bonds is 3. The molecule has 0 aliphatic carbocycles. The molecule has 0 atom stereocenters. The van der Waals surface area contributed by atoms with Gasteiger partial charge in [-0.2, -0.15) is 0 Å². The number of carbonyl (C=O) groups is 1. The second-order valence-corrected chi connectivity index (χ2v) is 4.55. The van der Waals surface area contributed by atoms with E-state index in [4.69, 9.17) is 9.47 Å². The number of carboxylic acids is 1. The minimum atomic E-state index is -0.975. The number of aromatic carboxylic acids is 1. The molecule has 4 nitrogen and oxygen atoms in total. The van der Waals surface area contributed by atoms with Crippen LogP contribution in [0.25, 0.3) is 11.1 Å². The highest BCUT2D eigenvalue weighted by atomic mass is 16.7. The molecule has 2 aromatic carbocycles. The smallest absolute Gasteiger partial charge is 0.336 e. The Labute approximate surface area is 116 Å². The third-order valence-electron chi connectivity index (χ3n) is 3.27. The van der Waals surface area contributed by atoms with Crippen LogP contribution in [0.5, 0.6) is 0 Å². The van der Waals surface area contributed by atoms with Crippen molar-refractivity contribution in [3.8, 4) is 11.1 Å². The van der Waals surface area contributed by atoms with Gasteiger partial charge in [-0.25, -0.2) is 4.79 Å². The quantitative estimate of drug-likeness (QED) is 0.931. The normalized spacial score (nSPS) is 15.4. The average Bonchev–Trinajstić information content (AvgIpc) is 3.01. The first-order valence-corrected chi connectivity index (χ1v) is 6.41. The van der Waals surface area contributed by atoms with E-state index >= 15 is 0 Å². The minimum Gasteiger partial charge on any atom is -0.478 e. The Bertz CT molecular complexity index is 616. The van der Waals surface area contributed by atoms with Crippen molar-refractivity contribution in [3.63, 3.8) is 0 Å². The Kier molecular flexibility index (Phi) is 3.50.